The number of benzene rings is 1. The second kappa shape index (κ2) is 6.47. The van der Waals surface area contributed by atoms with Gasteiger partial charge in [-0.1, -0.05) is 23.2 Å². The molecule has 0 saturated carbocycles. The number of amides is 1. The van der Waals surface area contributed by atoms with Crippen LogP contribution in [0.5, 0.6) is 0 Å². The van der Waals surface area contributed by atoms with Crippen molar-refractivity contribution >= 4 is 34.8 Å². The van der Waals surface area contributed by atoms with Crippen molar-refractivity contribution in [2.45, 2.75) is 49.5 Å². The maximum atomic E-state index is 15.3. The molecule has 1 amide bonds. The first-order valence-electron chi connectivity index (χ1n) is 8.78. The average Bonchev–Trinajstić information content (AvgIpc) is 3.26. The van der Waals surface area contributed by atoms with Gasteiger partial charge in [0.15, 0.2) is 6.19 Å². The minimum Gasteiger partial charge on any atom is -0.368 e. The fraction of sp³-hybridized carbons (Fsp3) is 0.556. The van der Waals surface area contributed by atoms with E-state index in [1.807, 2.05) is 0 Å². The van der Waals surface area contributed by atoms with Crippen LogP contribution < -0.4 is 10.2 Å². The Morgan fingerprint density at radius 1 is 1.31 bits per heavy atom. The fourth-order valence-electron chi connectivity index (χ4n) is 4.50. The van der Waals surface area contributed by atoms with Crippen LogP contribution in [0.3, 0.4) is 0 Å². The molecule has 0 aromatic heterocycles. The molecule has 3 aliphatic rings. The molecule has 1 N–H and O–H groups in total. The summed E-state index contributed by atoms with van der Waals surface area (Å²) in [4.78, 5) is 16.2. The SMILES string of the molecule is N#CN1[C@H]2CC[C@@H]1[C@H](NC(=O)C1(F)CCN(c3cc(Cl)cc(Cl)c3)C1)C2. The molecule has 3 aliphatic heterocycles. The molecule has 3 saturated heterocycles. The second-order valence-corrected chi connectivity index (χ2v) is 8.26. The van der Waals surface area contributed by atoms with Gasteiger partial charge in [-0.25, -0.2) is 4.39 Å². The van der Waals surface area contributed by atoms with E-state index < -0.39 is 11.6 Å². The Hall–Kier alpha value is -1.71. The van der Waals surface area contributed by atoms with Gasteiger partial charge in [-0.05, 0) is 37.5 Å². The second-order valence-electron chi connectivity index (χ2n) is 7.39. The zero-order valence-corrected chi connectivity index (χ0v) is 15.6. The lowest BCUT2D eigenvalue weighted by Crippen LogP contribution is -2.52. The largest absolute Gasteiger partial charge is 0.368 e. The monoisotopic (exact) mass is 396 g/mol. The normalized spacial score (nSPS) is 32.8. The van der Waals surface area contributed by atoms with Crippen LogP contribution in [0.25, 0.3) is 0 Å². The summed E-state index contributed by atoms with van der Waals surface area (Å²) in [5.74, 6) is -0.580. The van der Waals surface area contributed by atoms with Crippen LogP contribution >= 0.6 is 23.2 Å². The predicted molar refractivity (Wildman–Crippen MR) is 97.9 cm³/mol. The third kappa shape index (κ3) is 2.97. The molecular weight excluding hydrogens is 378 g/mol. The maximum Gasteiger partial charge on any atom is 0.259 e. The van der Waals surface area contributed by atoms with Crippen LogP contribution in [0.4, 0.5) is 10.1 Å². The molecule has 26 heavy (non-hydrogen) atoms. The smallest absolute Gasteiger partial charge is 0.259 e. The summed E-state index contributed by atoms with van der Waals surface area (Å²) < 4.78 is 15.3. The zero-order chi connectivity index (χ0) is 18.5. The van der Waals surface area contributed by atoms with E-state index in [4.69, 9.17) is 23.2 Å². The molecule has 138 valence electrons. The third-order valence-electron chi connectivity index (χ3n) is 5.81. The number of alkyl halides is 1. The molecule has 0 aliphatic carbocycles. The first-order valence-corrected chi connectivity index (χ1v) is 9.54. The molecule has 3 heterocycles. The third-order valence-corrected chi connectivity index (χ3v) is 6.24. The van der Waals surface area contributed by atoms with Gasteiger partial charge < -0.3 is 15.1 Å². The van der Waals surface area contributed by atoms with Gasteiger partial charge in [-0.3, -0.25) is 4.79 Å². The van der Waals surface area contributed by atoms with Gasteiger partial charge in [-0.2, -0.15) is 5.26 Å². The van der Waals surface area contributed by atoms with E-state index in [0.717, 1.165) is 12.8 Å². The van der Waals surface area contributed by atoms with Crippen molar-refractivity contribution in [2.24, 2.45) is 0 Å². The van der Waals surface area contributed by atoms with Crippen LogP contribution in [0, 0.1) is 11.5 Å². The summed E-state index contributed by atoms with van der Waals surface area (Å²) in [7, 11) is 0. The number of carbonyl (C=O) groups is 1. The average molecular weight is 397 g/mol. The molecule has 4 rings (SSSR count). The Labute approximate surface area is 161 Å². The highest BCUT2D eigenvalue weighted by Crippen LogP contribution is 2.38. The van der Waals surface area contributed by atoms with Crippen LogP contribution in [-0.2, 0) is 4.79 Å². The van der Waals surface area contributed by atoms with Crippen molar-refractivity contribution in [2.75, 3.05) is 18.0 Å². The molecule has 2 bridgehead atoms. The lowest BCUT2D eigenvalue weighted by molar-refractivity contribution is -0.132. The van der Waals surface area contributed by atoms with Gasteiger partial charge in [0.2, 0.25) is 5.67 Å². The number of halogens is 3. The van der Waals surface area contributed by atoms with E-state index in [9.17, 15) is 10.1 Å². The Morgan fingerprint density at radius 2 is 2.04 bits per heavy atom. The number of nitrogens with zero attached hydrogens (tertiary/aromatic N) is 3. The summed E-state index contributed by atoms with van der Waals surface area (Å²) >= 11 is 12.0. The van der Waals surface area contributed by atoms with E-state index in [2.05, 4.69) is 11.5 Å². The highest BCUT2D eigenvalue weighted by Gasteiger charge is 2.50. The number of rotatable bonds is 3. The van der Waals surface area contributed by atoms with Crippen LogP contribution in [0.1, 0.15) is 25.7 Å². The van der Waals surface area contributed by atoms with Gasteiger partial charge in [0.25, 0.3) is 5.91 Å². The number of hydrogen-bond donors (Lipinski definition) is 1. The Bertz CT molecular complexity index is 765. The van der Waals surface area contributed by atoms with Crippen LogP contribution in [0.2, 0.25) is 10.0 Å². The Morgan fingerprint density at radius 3 is 2.69 bits per heavy atom. The van der Waals surface area contributed by atoms with Crippen molar-refractivity contribution in [1.29, 1.82) is 5.26 Å². The molecule has 1 aromatic rings. The van der Waals surface area contributed by atoms with Gasteiger partial charge >= 0.3 is 0 Å². The Kier molecular flexibility index (Phi) is 4.40. The minimum absolute atomic E-state index is 0.00166. The van der Waals surface area contributed by atoms with Crippen molar-refractivity contribution in [1.82, 2.24) is 10.2 Å². The minimum atomic E-state index is -1.95. The summed E-state index contributed by atoms with van der Waals surface area (Å²) in [6, 6.07) is 5.09. The maximum absolute atomic E-state index is 15.3. The standard InChI is InChI=1S/C18H19Cl2FN4O/c19-11-5-12(20)7-14(6-11)24-4-3-18(21,9-24)17(26)23-15-8-13-1-2-16(15)25(13)10-22/h5-7,13,15-16H,1-4,8-9H2,(H,23,26)/t13-,15+,16+,18?/m0/s1. The number of anilines is 1. The number of carbonyl (C=O) groups excluding carboxylic acids is 1. The molecule has 1 aromatic carbocycles. The summed E-state index contributed by atoms with van der Waals surface area (Å²) in [5.41, 5.74) is -1.24. The van der Waals surface area contributed by atoms with Gasteiger partial charge in [0, 0.05) is 34.7 Å². The van der Waals surface area contributed by atoms with Gasteiger partial charge in [0.05, 0.1) is 18.6 Å². The van der Waals surface area contributed by atoms with Crippen molar-refractivity contribution in [3.8, 4) is 6.19 Å². The summed E-state index contributed by atoms with van der Waals surface area (Å²) in [5, 5.41) is 13.1. The molecule has 4 atom stereocenters. The summed E-state index contributed by atoms with van der Waals surface area (Å²) in [6.07, 6.45) is 4.87. The fourth-order valence-corrected chi connectivity index (χ4v) is 5.01. The van der Waals surface area contributed by atoms with Crippen LogP contribution in [0.15, 0.2) is 18.2 Å². The first kappa shape index (κ1) is 17.7. The molecule has 0 radical (unpaired) electrons. The van der Waals surface area contributed by atoms with Gasteiger partial charge in [0.1, 0.15) is 0 Å². The van der Waals surface area contributed by atoms with E-state index >= 15 is 4.39 Å². The van der Waals surface area contributed by atoms with E-state index in [0.29, 0.717) is 28.7 Å². The zero-order valence-electron chi connectivity index (χ0n) is 14.1. The van der Waals surface area contributed by atoms with E-state index in [1.165, 1.54) is 0 Å². The molecule has 5 nitrogen and oxygen atoms in total. The molecule has 8 heteroatoms. The predicted octanol–water partition coefficient (Wildman–Crippen LogP) is 3.11. The number of hydrogen-bond acceptors (Lipinski definition) is 4. The molecular formula is C18H19Cl2FN4O. The molecule has 3 fully saturated rings. The van der Waals surface area contributed by atoms with Gasteiger partial charge in [-0.15, -0.1) is 0 Å². The van der Waals surface area contributed by atoms with E-state index in [-0.39, 0.29) is 31.1 Å². The number of fused-ring (bicyclic) bond motifs is 2. The quantitative estimate of drug-likeness (QED) is 0.797. The Balaban J connectivity index is 1.43. The highest BCUT2D eigenvalue weighted by molar-refractivity contribution is 6.35. The molecule has 1 unspecified atom stereocenters. The summed E-state index contributed by atoms with van der Waals surface area (Å²) in [6.45, 7) is 0.389. The number of nitrogens with one attached hydrogen (secondary N) is 1. The lowest BCUT2D eigenvalue weighted by atomic mass is 9.94. The van der Waals surface area contributed by atoms with Crippen molar-refractivity contribution < 1.29 is 9.18 Å². The van der Waals surface area contributed by atoms with Crippen molar-refractivity contribution in [3.63, 3.8) is 0 Å². The number of nitriles is 1. The lowest BCUT2D eigenvalue weighted by Gasteiger charge is -2.27. The van der Waals surface area contributed by atoms with Crippen LogP contribution in [-0.4, -0.2) is 47.7 Å². The first-order chi connectivity index (χ1) is 12.4. The van der Waals surface area contributed by atoms with E-state index in [1.54, 1.807) is 28.0 Å². The highest BCUT2D eigenvalue weighted by atomic mass is 35.5. The molecule has 0 spiro atoms. The topological polar surface area (TPSA) is 59.4 Å². The van der Waals surface area contributed by atoms with Crippen molar-refractivity contribution in [3.05, 3.63) is 28.2 Å².